The molecule has 1 aromatic carbocycles. The number of benzene rings is 1. The van der Waals surface area contributed by atoms with Crippen molar-refractivity contribution in [3.05, 3.63) is 47.3 Å². The summed E-state index contributed by atoms with van der Waals surface area (Å²) in [6.07, 6.45) is 4.82. The summed E-state index contributed by atoms with van der Waals surface area (Å²) in [5.74, 6) is -1.73. The number of ether oxygens (including phenoxy) is 1. The molecule has 0 spiro atoms. The highest BCUT2D eigenvalue weighted by atomic mass is 35.5. The van der Waals surface area contributed by atoms with E-state index in [1.807, 2.05) is 12.2 Å². The molecule has 29 heavy (non-hydrogen) atoms. The maximum Gasteiger partial charge on any atom is 0.329 e. The van der Waals surface area contributed by atoms with Crippen LogP contribution in [0.15, 0.2) is 40.9 Å². The van der Waals surface area contributed by atoms with Crippen LogP contribution in [0.2, 0.25) is 5.02 Å². The van der Waals surface area contributed by atoms with E-state index in [9.17, 15) is 14.4 Å². The number of nitrogens with zero attached hydrogens (tertiary/aromatic N) is 3. The van der Waals surface area contributed by atoms with Crippen molar-refractivity contribution in [1.29, 1.82) is 0 Å². The van der Waals surface area contributed by atoms with Crippen LogP contribution in [0.4, 0.5) is 0 Å². The normalized spacial score (nSPS) is 21.9. The molecule has 9 heteroatoms. The van der Waals surface area contributed by atoms with Gasteiger partial charge in [-0.3, -0.25) is 14.5 Å². The van der Waals surface area contributed by atoms with Crippen LogP contribution in [0, 0.1) is 11.8 Å². The van der Waals surface area contributed by atoms with Crippen LogP contribution < -0.4 is 0 Å². The van der Waals surface area contributed by atoms with Crippen LogP contribution in [0.3, 0.4) is 0 Å². The van der Waals surface area contributed by atoms with Gasteiger partial charge in [0.1, 0.15) is 6.04 Å². The SMILES string of the molecule is CC(C(=O)OCc1nc(-c2cccc(Cl)c2)no1)N1C(=O)C2CC=CCC2C1=O. The summed E-state index contributed by atoms with van der Waals surface area (Å²) in [7, 11) is 0. The first kappa shape index (κ1) is 19.3. The molecule has 0 bridgehead atoms. The van der Waals surface area contributed by atoms with Gasteiger partial charge in [0, 0.05) is 10.6 Å². The Balaban J connectivity index is 1.39. The number of fused-ring (bicyclic) bond motifs is 1. The topological polar surface area (TPSA) is 103 Å². The molecule has 150 valence electrons. The number of allylic oxidation sites excluding steroid dienone is 2. The predicted octanol–water partition coefficient (Wildman–Crippen LogP) is 2.77. The van der Waals surface area contributed by atoms with E-state index in [1.165, 1.54) is 6.92 Å². The van der Waals surface area contributed by atoms with E-state index in [1.54, 1.807) is 24.3 Å². The van der Waals surface area contributed by atoms with Gasteiger partial charge in [0.2, 0.25) is 17.6 Å². The molecular weight excluding hydrogens is 398 g/mol. The number of hydrogen-bond donors (Lipinski definition) is 0. The van der Waals surface area contributed by atoms with Crippen molar-refractivity contribution in [2.75, 3.05) is 0 Å². The molecule has 1 aliphatic carbocycles. The Morgan fingerprint density at radius 2 is 1.97 bits per heavy atom. The number of carbonyl (C=O) groups is 3. The number of imide groups is 1. The van der Waals surface area contributed by atoms with Gasteiger partial charge in [0.15, 0.2) is 6.61 Å². The number of rotatable bonds is 5. The Hall–Kier alpha value is -3.00. The molecule has 4 rings (SSSR count). The van der Waals surface area contributed by atoms with Crippen LogP contribution >= 0.6 is 11.6 Å². The lowest BCUT2D eigenvalue weighted by atomic mass is 9.85. The Bertz CT molecular complexity index is 976. The summed E-state index contributed by atoms with van der Waals surface area (Å²) in [6, 6.07) is 5.92. The summed E-state index contributed by atoms with van der Waals surface area (Å²) in [5, 5.41) is 4.37. The molecule has 2 aromatic rings. The van der Waals surface area contributed by atoms with E-state index < -0.39 is 12.0 Å². The number of esters is 1. The van der Waals surface area contributed by atoms with Gasteiger partial charge in [0.25, 0.3) is 5.89 Å². The van der Waals surface area contributed by atoms with Crippen LogP contribution in [0.25, 0.3) is 11.4 Å². The van der Waals surface area contributed by atoms with Crippen molar-refractivity contribution >= 4 is 29.4 Å². The molecule has 3 atom stereocenters. The zero-order valence-electron chi connectivity index (χ0n) is 15.6. The fraction of sp³-hybridized carbons (Fsp3) is 0.350. The van der Waals surface area contributed by atoms with Gasteiger partial charge in [0.05, 0.1) is 11.8 Å². The number of hydrogen-bond acceptors (Lipinski definition) is 7. The second-order valence-corrected chi connectivity index (χ2v) is 7.44. The molecule has 2 amide bonds. The third kappa shape index (κ3) is 3.67. The largest absolute Gasteiger partial charge is 0.454 e. The van der Waals surface area contributed by atoms with Crippen molar-refractivity contribution in [1.82, 2.24) is 15.0 Å². The van der Waals surface area contributed by atoms with Gasteiger partial charge in [-0.15, -0.1) is 0 Å². The third-order valence-electron chi connectivity index (χ3n) is 5.16. The van der Waals surface area contributed by atoms with E-state index in [2.05, 4.69) is 10.1 Å². The van der Waals surface area contributed by atoms with Crippen LogP contribution in [0.1, 0.15) is 25.7 Å². The fourth-order valence-electron chi connectivity index (χ4n) is 3.62. The van der Waals surface area contributed by atoms with Crippen molar-refractivity contribution in [2.45, 2.75) is 32.4 Å². The molecule has 1 fully saturated rings. The first-order valence-electron chi connectivity index (χ1n) is 9.23. The lowest BCUT2D eigenvalue weighted by Crippen LogP contribution is -2.44. The van der Waals surface area contributed by atoms with Gasteiger partial charge >= 0.3 is 5.97 Å². The van der Waals surface area contributed by atoms with Crippen LogP contribution in [-0.2, 0) is 25.7 Å². The molecule has 0 saturated carbocycles. The van der Waals surface area contributed by atoms with E-state index in [-0.39, 0.29) is 36.1 Å². The molecule has 2 aliphatic rings. The van der Waals surface area contributed by atoms with E-state index in [0.29, 0.717) is 29.3 Å². The van der Waals surface area contributed by atoms with Crippen molar-refractivity contribution in [3.63, 3.8) is 0 Å². The molecular formula is C20H18ClN3O5. The summed E-state index contributed by atoms with van der Waals surface area (Å²) in [6.45, 7) is 1.22. The number of carbonyl (C=O) groups excluding carboxylic acids is 3. The summed E-state index contributed by atoms with van der Waals surface area (Å²) in [5.41, 5.74) is 0.664. The third-order valence-corrected chi connectivity index (χ3v) is 5.39. The highest BCUT2D eigenvalue weighted by Gasteiger charge is 2.50. The van der Waals surface area contributed by atoms with Crippen LogP contribution in [-0.4, -0.2) is 38.9 Å². The van der Waals surface area contributed by atoms with E-state index in [0.717, 1.165) is 4.90 Å². The van der Waals surface area contributed by atoms with Crippen molar-refractivity contribution in [3.8, 4) is 11.4 Å². The molecule has 0 radical (unpaired) electrons. The first-order valence-corrected chi connectivity index (χ1v) is 9.60. The number of halogens is 1. The van der Waals surface area contributed by atoms with Gasteiger partial charge in [-0.05, 0) is 31.9 Å². The standard InChI is InChI=1S/C20H18ClN3O5/c1-11(24-18(25)14-7-2-3-8-15(14)19(24)26)20(27)28-10-16-22-17(23-29-16)12-5-4-6-13(21)9-12/h2-6,9,11,14-15H,7-8,10H2,1H3. The minimum Gasteiger partial charge on any atom is -0.454 e. The number of likely N-dealkylation sites (tertiary alicyclic amines) is 1. The van der Waals surface area contributed by atoms with Crippen LogP contribution in [0.5, 0.6) is 0 Å². The summed E-state index contributed by atoms with van der Waals surface area (Å²) < 4.78 is 10.3. The summed E-state index contributed by atoms with van der Waals surface area (Å²) >= 11 is 5.95. The molecule has 1 aromatic heterocycles. The fourth-order valence-corrected chi connectivity index (χ4v) is 3.82. The highest BCUT2D eigenvalue weighted by Crippen LogP contribution is 2.36. The minimum atomic E-state index is -1.02. The molecule has 8 nitrogen and oxygen atoms in total. The molecule has 0 N–H and O–H groups in total. The summed E-state index contributed by atoms with van der Waals surface area (Å²) in [4.78, 5) is 42.8. The molecule has 2 heterocycles. The van der Waals surface area contributed by atoms with Gasteiger partial charge < -0.3 is 9.26 Å². The lowest BCUT2D eigenvalue weighted by molar-refractivity contribution is -0.159. The van der Waals surface area contributed by atoms with Gasteiger partial charge in [-0.25, -0.2) is 4.79 Å². The zero-order valence-corrected chi connectivity index (χ0v) is 16.3. The predicted molar refractivity (Wildman–Crippen MR) is 101 cm³/mol. The molecule has 1 saturated heterocycles. The Kier molecular flexibility index (Phi) is 5.19. The monoisotopic (exact) mass is 415 g/mol. The maximum absolute atomic E-state index is 12.6. The van der Waals surface area contributed by atoms with Crippen molar-refractivity contribution < 1.29 is 23.6 Å². The average Bonchev–Trinajstić information content (AvgIpc) is 3.29. The second kappa shape index (κ2) is 7.79. The Morgan fingerprint density at radius 1 is 1.28 bits per heavy atom. The number of amides is 2. The van der Waals surface area contributed by atoms with Crippen molar-refractivity contribution in [2.24, 2.45) is 11.8 Å². The minimum absolute atomic E-state index is 0.0949. The first-order chi connectivity index (χ1) is 14.0. The van der Waals surface area contributed by atoms with Gasteiger partial charge in [-0.1, -0.05) is 41.0 Å². The van der Waals surface area contributed by atoms with Gasteiger partial charge in [-0.2, -0.15) is 4.98 Å². The smallest absolute Gasteiger partial charge is 0.329 e. The molecule has 3 unspecified atom stereocenters. The lowest BCUT2D eigenvalue weighted by Gasteiger charge is -2.21. The molecule has 1 aliphatic heterocycles. The maximum atomic E-state index is 12.6. The Labute approximate surface area is 171 Å². The second-order valence-electron chi connectivity index (χ2n) is 7.01. The quantitative estimate of drug-likeness (QED) is 0.420. The van der Waals surface area contributed by atoms with E-state index in [4.69, 9.17) is 20.9 Å². The zero-order chi connectivity index (χ0) is 20.5. The van der Waals surface area contributed by atoms with E-state index >= 15 is 0 Å². The average molecular weight is 416 g/mol. The highest BCUT2D eigenvalue weighted by molar-refractivity contribution is 6.30. The Morgan fingerprint density at radius 3 is 2.62 bits per heavy atom. The number of aromatic nitrogens is 2.